The van der Waals surface area contributed by atoms with Crippen molar-refractivity contribution in [3.63, 3.8) is 0 Å². The summed E-state index contributed by atoms with van der Waals surface area (Å²) in [6, 6.07) is 5.10. The van der Waals surface area contributed by atoms with Gasteiger partial charge in [-0.2, -0.15) is 0 Å². The second-order valence-electron chi connectivity index (χ2n) is 6.13. The summed E-state index contributed by atoms with van der Waals surface area (Å²) in [6.45, 7) is 2.04. The van der Waals surface area contributed by atoms with Crippen LogP contribution in [0.5, 0.6) is 11.5 Å². The number of fused-ring (bicyclic) bond motifs is 1. The van der Waals surface area contributed by atoms with Gasteiger partial charge in [0, 0.05) is 24.7 Å². The van der Waals surface area contributed by atoms with E-state index in [2.05, 4.69) is 9.62 Å². The first kappa shape index (κ1) is 16.5. The molecule has 0 spiro atoms. The molecule has 2 aliphatic heterocycles. The summed E-state index contributed by atoms with van der Waals surface area (Å²) in [5, 5.41) is 0. The predicted molar refractivity (Wildman–Crippen MR) is 87.5 cm³/mol. The lowest BCUT2D eigenvalue weighted by Gasteiger charge is -2.32. The van der Waals surface area contributed by atoms with Crippen molar-refractivity contribution in [1.29, 1.82) is 0 Å². The molecule has 2 heterocycles. The monoisotopic (exact) mass is 340 g/mol. The molecular weight excluding hydrogens is 316 g/mol. The van der Waals surface area contributed by atoms with Crippen LogP contribution in [0.3, 0.4) is 0 Å². The average Bonchev–Trinajstić information content (AvgIpc) is 2.97. The van der Waals surface area contributed by atoms with Crippen LogP contribution in [-0.4, -0.2) is 52.7 Å². The smallest absolute Gasteiger partial charge is 0.244 e. The van der Waals surface area contributed by atoms with Crippen LogP contribution in [0.25, 0.3) is 0 Å². The molecule has 0 saturated carbocycles. The Morgan fingerprint density at radius 3 is 2.70 bits per heavy atom. The summed E-state index contributed by atoms with van der Waals surface area (Å²) in [6.07, 6.45) is 4.29. The molecule has 1 aromatic carbocycles. The number of hydrogen-bond acceptors (Lipinski definition) is 5. The van der Waals surface area contributed by atoms with Crippen molar-refractivity contribution in [1.82, 2.24) is 9.62 Å². The van der Waals surface area contributed by atoms with E-state index in [1.165, 1.54) is 33.1 Å². The van der Waals surface area contributed by atoms with Gasteiger partial charge in [-0.1, -0.05) is 6.42 Å². The third-order valence-corrected chi connectivity index (χ3v) is 6.33. The average molecular weight is 340 g/mol. The molecule has 2 atom stereocenters. The molecule has 0 bridgehead atoms. The maximum atomic E-state index is 12.8. The lowest BCUT2D eigenvalue weighted by atomic mass is 10.00. The van der Waals surface area contributed by atoms with E-state index in [1.807, 2.05) is 0 Å². The molecule has 0 unspecified atom stereocenters. The lowest BCUT2D eigenvalue weighted by Crippen LogP contribution is -2.46. The number of benzene rings is 1. The molecule has 6 nitrogen and oxygen atoms in total. The number of piperidine rings is 1. The summed E-state index contributed by atoms with van der Waals surface area (Å²) in [7, 11) is -0.663. The zero-order chi connectivity index (χ0) is 16.4. The van der Waals surface area contributed by atoms with Gasteiger partial charge in [0.25, 0.3) is 0 Å². The number of ether oxygens (including phenoxy) is 2. The maximum absolute atomic E-state index is 12.8. The van der Waals surface area contributed by atoms with Crippen LogP contribution in [0.4, 0.5) is 0 Å². The molecule has 2 aliphatic rings. The highest BCUT2D eigenvalue weighted by Crippen LogP contribution is 2.31. The van der Waals surface area contributed by atoms with Gasteiger partial charge in [-0.05, 0) is 37.9 Å². The Kier molecular flexibility index (Phi) is 4.79. The molecule has 2 saturated heterocycles. The van der Waals surface area contributed by atoms with Crippen LogP contribution in [-0.2, 0) is 10.0 Å². The van der Waals surface area contributed by atoms with Crippen molar-refractivity contribution in [2.45, 2.75) is 42.7 Å². The first-order valence-electron chi connectivity index (χ1n) is 8.03. The van der Waals surface area contributed by atoms with Crippen LogP contribution < -0.4 is 14.2 Å². The Hall–Kier alpha value is -1.31. The Bertz CT molecular complexity index is 662. The molecule has 0 amide bonds. The number of methoxy groups -OCH3 is 2. The fourth-order valence-electron chi connectivity index (χ4n) is 3.64. The van der Waals surface area contributed by atoms with Gasteiger partial charge in [0.05, 0.1) is 14.2 Å². The highest BCUT2D eigenvalue weighted by molar-refractivity contribution is 7.89. The molecule has 0 radical (unpaired) electrons. The van der Waals surface area contributed by atoms with Gasteiger partial charge < -0.3 is 9.47 Å². The van der Waals surface area contributed by atoms with Crippen molar-refractivity contribution >= 4 is 10.0 Å². The van der Waals surface area contributed by atoms with Crippen LogP contribution in [0.1, 0.15) is 25.7 Å². The van der Waals surface area contributed by atoms with Crippen molar-refractivity contribution in [3.8, 4) is 11.5 Å². The Morgan fingerprint density at radius 2 is 1.96 bits per heavy atom. The van der Waals surface area contributed by atoms with E-state index in [1.54, 1.807) is 12.1 Å². The number of hydrogen-bond donors (Lipinski definition) is 1. The quantitative estimate of drug-likeness (QED) is 0.882. The zero-order valence-electron chi connectivity index (χ0n) is 13.6. The van der Waals surface area contributed by atoms with Crippen molar-refractivity contribution in [2.24, 2.45) is 0 Å². The van der Waals surface area contributed by atoms with Gasteiger partial charge in [0.1, 0.15) is 16.4 Å². The minimum atomic E-state index is -3.65. The summed E-state index contributed by atoms with van der Waals surface area (Å²) in [5.41, 5.74) is 0. The van der Waals surface area contributed by atoms with Gasteiger partial charge in [-0.15, -0.1) is 0 Å². The van der Waals surface area contributed by atoms with E-state index in [0.29, 0.717) is 17.5 Å². The van der Waals surface area contributed by atoms with E-state index >= 15 is 0 Å². The lowest BCUT2D eigenvalue weighted by molar-refractivity contribution is 0.186. The van der Waals surface area contributed by atoms with E-state index in [-0.39, 0.29) is 10.9 Å². The first-order valence-corrected chi connectivity index (χ1v) is 9.52. The van der Waals surface area contributed by atoms with Gasteiger partial charge in [0.2, 0.25) is 10.0 Å². The maximum Gasteiger partial charge on any atom is 0.244 e. The Balaban J connectivity index is 1.84. The largest absolute Gasteiger partial charge is 0.497 e. The predicted octanol–water partition coefficient (Wildman–Crippen LogP) is 1.61. The molecule has 3 rings (SSSR count). The summed E-state index contributed by atoms with van der Waals surface area (Å²) >= 11 is 0. The topological polar surface area (TPSA) is 67.9 Å². The number of nitrogens with one attached hydrogen (secondary N) is 1. The SMILES string of the molecule is COc1ccc(OC)c(S(=O)(=O)N[C@H]2CCN3CCCC[C@H]23)c1. The Morgan fingerprint density at radius 1 is 1.13 bits per heavy atom. The molecule has 1 N–H and O–H groups in total. The fourth-order valence-corrected chi connectivity index (χ4v) is 5.13. The van der Waals surface area contributed by atoms with Crippen molar-refractivity contribution in [2.75, 3.05) is 27.3 Å². The molecule has 1 aromatic rings. The zero-order valence-corrected chi connectivity index (χ0v) is 14.4. The molecule has 23 heavy (non-hydrogen) atoms. The second-order valence-corrected chi connectivity index (χ2v) is 7.81. The van der Waals surface area contributed by atoms with Gasteiger partial charge in [-0.3, -0.25) is 4.90 Å². The second kappa shape index (κ2) is 6.67. The molecule has 0 aromatic heterocycles. The van der Waals surface area contributed by atoms with Gasteiger partial charge in [0.15, 0.2) is 0 Å². The number of sulfonamides is 1. The number of rotatable bonds is 5. The molecule has 0 aliphatic carbocycles. The third kappa shape index (κ3) is 3.32. The van der Waals surface area contributed by atoms with Crippen LogP contribution in [0.15, 0.2) is 23.1 Å². The summed E-state index contributed by atoms with van der Waals surface area (Å²) < 4.78 is 38.9. The molecule has 2 fully saturated rings. The molecular formula is C16H24N2O4S. The van der Waals surface area contributed by atoms with E-state index in [9.17, 15) is 8.42 Å². The molecule has 7 heteroatoms. The van der Waals surface area contributed by atoms with Crippen LogP contribution in [0.2, 0.25) is 0 Å². The highest BCUT2D eigenvalue weighted by Gasteiger charge is 2.38. The van der Waals surface area contributed by atoms with Crippen LogP contribution >= 0.6 is 0 Å². The van der Waals surface area contributed by atoms with E-state index < -0.39 is 10.0 Å². The van der Waals surface area contributed by atoms with Crippen molar-refractivity contribution < 1.29 is 17.9 Å². The van der Waals surface area contributed by atoms with Crippen molar-refractivity contribution in [3.05, 3.63) is 18.2 Å². The minimum absolute atomic E-state index is 0.0313. The highest BCUT2D eigenvalue weighted by atomic mass is 32.2. The van der Waals surface area contributed by atoms with Gasteiger partial charge >= 0.3 is 0 Å². The first-order chi connectivity index (χ1) is 11.0. The summed E-state index contributed by atoms with van der Waals surface area (Å²) in [5.74, 6) is 0.827. The van der Waals surface area contributed by atoms with E-state index in [4.69, 9.17) is 9.47 Å². The van der Waals surface area contributed by atoms with Crippen LogP contribution in [0, 0.1) is 0 Å². The third-order valence-electron chi connectivity index (χ3n) is 4.82. The summed E-state index contributed by atoms with van der Waals surface area (Å²) in [4.78, 5) is 2.54. The Labute approximate surface area is 137 Å². The standard InChI is InChI=1S/C16H24N2O4S/c1-21-12-6-7-15(22-2)16(11-12)23(19,20)17-13-8-10-18-9-4-3-5-14(13)18/h6-7,11,13-14,17H,3-5,8-10H2,1-2H3/t13-,14+/m0/s1. The van der Waals surface area contributed by atoms with E-state index in [0.717, 1.165) is 25.9 Å². The fraction of sp³-hybridized carbons (Fsp3) is 0.625. The number of nitrogens with zero attached hydrogens (tertiary/aromatic N) is 1. The normalized spacial score (nSPS) is 25.1. The molecule has 128 valence electrons. The van der Waals surface area contributed by atoms with Gasteiger partial charge in [-0.25, -0.2) is 13.1 Å². The minimum Gasteiger partial charge on any atom is -0.497 e.